The number of aliphatic carboxylic acids is 1. The Bertz CT molecular complexity index is 475. The molecule has 1 aliphatic heterocycles. The Morgan fingerprint density at radius 3 is 3.17 bits per heavy atom. The highest BCUT2D eigenvalue weighted by atomic mass is 16.4. The Morgan fingerprint density at radius 1 is 1.44 bits per heavy atom. The third-order valence-corrected chi connectivity index (χ3v) is 3.90. The van der Waals surface area contributed by atoms with Crippen LogP contribution in [0.2, 0.25) is 0 Å². The first-order valence-corrected chi connectivity index (χ1v) is 6.53. The van der Waals surface area contributed by atoms with Crippen LogP contribution in [0.1, 0.15) is 30.5 Å². The fraction of sp³-hybridized carbons (Fsp3) is 0.615. The van der Waals surface area contributed by atoms with Gasteiger partial charge < -0.3 is 10.0 Å². The smallest absolute Gasteiger partial charge is 0.303 e. The molecule has 0 bridgehead atoms. The van der Waals surface area contributed by atoms with E-state index in [9.17, 15) is 4.79 Å². The van der Waals surface area contributed by atoms with Crippen molar-refractivity contribution in [3.05, 3.63) is 17.6 Å². The van der Waals surface area contributed by atoms with Crippen molar-refractivity contribution in [2.75, 3.05) is 18.0 Å². The molecule has 18 heavy (non-hydrogen) atoms. The van der Waals surface area contributed by atoms with Gasteiger partial charge >= 0.3 is 5.97 Å². The summed E-state index contributed by atoms with van der Waals surface area (Å²) in [5.41, 5.74) is 2.47. The van der Waals surface area contributed by atoms with Crippen molar-refractivity contribution in [2.24, 2.45) is 5.92 Å². The largest absolute Gasteiger partial charge is 0.481 e. The van der Waals surface area contributed by atoms with Gasteiger partial charge in [-0.15, -0.1) is 0 Å². The fourth-order valence-electron chi connectivity index (χ4n) is 3.05. The van der Waals surface area contributed by atoms with Crippen molar-refractivity contribution in [3.8, 4) is 0 Å². The number of aromatic nitrogens is 2. The topological polar surface area (TPSA) is 66.3 Å². The van der Waals surface area contributed by atoms with E-state index in [-0.39, 0.29) is 12.3 Å². The van der Waals surface area contributed by atoms with E-state index < -0.39 is 5.97 Å². The number of anilines is 1. The maximum absolute atomic E-state index is 10.7. The van der Waals surface area contributed by atoms with E-state index in [2.05, 4.69) is 14.9 Å². The van der Waals surface area contributed by atoms with E-state index in [0.717, 1.165) is 44.6 Å². The van der Waals surface area contributed by atoms with Crippen molar-refractivity contribution >= 4 is 11.8 Å². The molecule has 0 aromatic carbocycles. The summed E-state index contributed by atoms with van der Waals surface area (Å²) >= 11 is 0. The quantitative estimate of drug-likeness (QED) is 0.871. The summed E-state index contributed by atoms with van der Waals surface area (Å²) < 4.78 is 0. The van der Waals surface area contributed by atoms with Crippen LogP contribution in [0.25, 0.3) is 0 Å². The number of nitrogens with zero attached hydrogens (tertiary/aromatic N) is 3. The second kappa shape index (κ2) is 4.55. The molecule has 1 atom stereocenters. The number of rotatable bonds is 3. The SMILES string of the molecule is O=C(O)CC1CCN(c2ncnc3c2CCC3)C1. The van der Waals surface area contributed by atoms with Gasteiger partial charge in [-0.2, -0.15) is 0 Å². The first kappa shape index (κ1) is 11.4. The van der Waals surface area contributed by atoms with Crippen LogP contribution in [0.4, 0.5) is 5.82 Å². The van der Waals surface area contributed by atoms with Crippen LogP contribution in [0, 0.1) is 5.92 Å². The molecule has 0 amide bonds. The molecule has 1 aliphatic carbocycles. The zero-order valence-electron chi connectivity index (χ0n) is 10.3. The summed E-state index contributed by atoms with van der Waals surface area (Å²) in [6.45, 7) is 1.73. The minimum Gasteiger partial charge on any atom is -0.481 e. The number of fused-ring (bicyclic) bond motifs is 1. The lowest BCUT2D eigenvalue weighted by Crippen LogP contribution is -2.23. The molecule has 1 aromatic rings. The maximum Gasteiger partial charge on any atom is 0.303 e. The van der Waals surface area contributed by atoms with Crippen LogP contribution in [0.5, 0.6) is 0 Å². The first-order valence-electron chi connectivity index (χ1n) is 6.53. The molecule has 1 fully saturated rings. The maximum atomic E-state index is 10.7. The van der Waals surface area contributed by atoms with Crippen molar-refractivity contribution in [3.63, 3.8) is 0 Å². The van der Waals surface area contributed by atoms with Crippen LogP contribution < -0.4 is 4.90 Å². The predicted molar refractivity (Wildman–Crippen MR) is 66.6 cm³/mol. The summed E-state index contributed by atoms with van der Waals surface area (Å²) in [5.74, 6) is 0.606. The van der Waals surface area contributed by atoms with E-state index in [1.165, 1.54) is 11.3 Å². The molecule has 1 aromatic heterocycles. The van der Waals surface area contributed by atoms with E-state index >= 15 is 0 Å². The molecule has 5 heteroatoms. The minimum atomic E-state index is -0.699. The van der Waals surface area contributed by atoms with E-state index in [1.807, 2.05) is 0 Å². The summed E-state index contributed by atoms with van der Waals surface area (Å²) in [7, 11) is 0. The number of hydrogen-bond donors (Lipinski definition) is 1. The summed E-state index contributed by atoms with van der Waals surface area (Å²) in [4.78, 5) is 21.7. The molecule has 2 heterocycles. The van der Waals surface area contributed by atoms with Gasteiger partial charge in [-0.25, -0.2) is 9.97 Å². The molecule has 96 valence electrons. The number of carboxylic acid groups (broad SMARTS) is 1. The second-order valence-corrected chi connectivity index (χ2v) is 5.17. The highest BCUT2D eigenvalue weighted by Crippen LogP contribution is 2.31. The standard InChI is InChI=1S/C13H17N3O2/c17-12(18)6-9-4-5-16(7-9)13-10-2-1-3-11(10)14-8-15-13/h8-9H,1-7H2,(H,17,18). The molecule has 0 saturated carbocycles. The van der Waals surface area contributed by atoms with E-state index in [4.69, 9.17) is 5.11 Å². The van der Waals surface area contributed by atoms with Crippen LogP contribution in [0.15, 0.2) is 6.33 Å². The summed E-state index contributed by atoms with van der Waals surface area (Å²) in [6, 6.07) is 0. The average molecular weight is 247 g/mol. The lowest BCUT2D eigenvalue weighted by Gasteiger charge is -2.19. The van der Waals surface area contributed by atoms with Gasteiger partial charge in [0, 0.05) is 30.8 Å². The normalized spacial score (nSPS) is 22.2. The van der Waals surface area contributed by atoms with Crippen molar-refractivity contribution < 1.29 is 9.90 Å². The van der Waals surface area contributed by atoms with Gasteiger partial charge in [0.1, 0.15) is 12.1 Å². The third kappa shape index (κ3) is 2.05. The Morgan fingerprint density at radius 2 is 2.33 bits per heavy atom. The van der Waals surface area contributed by atoms with Gasteiger partial charge in [0.15, 0.2) is 0 Å². The number of carbonyl (C=O) groups is 1. The number of aryl methyl sites for hydroxylation is 1. The van der Waals surface area contributed by atoms with E-state index in [0.29, 0.717) is 0 Å². The Hall–Kier alpha value is -1.65. The number of hydrogen-bond acceptors (Lipinski definition) is 4. The van der Waals surface area contributed by atoms with Gasteiger partial charge in [0.05, 0.1) is 0 Å². The first-order chi connectivity index (χ1) is 8.74. The summed E-state index contributed by atoms with van der Waals surface area (Å²) in [5, 5.41) is 8.84. The molecule has 5 nitrogen and oxygen atoms in total. The molecule has 0 spiro atoms. The minimum absolute atomic E-state index is 0.259. The van der Waals surface area contributed by atoms with Gasteiger partial charge in [0.25, 0.3) is 0 Å². The molecule has 3 rings (SSSR count). The monoisotopic (exact) mass is 247 g/mol. The zero-order valence-corrected chi connectivity index (χ0v) is 10.3. The lowest BCUT2D eigenvalue weighted by molar-refractivity contribution is -0.137. The average Bonchev–Trinajstić information content (AvgIpc) is 2.95. The van der Waals surface area contributed by atoms with Crippen LogP contribution in [0.3, 0.4) is 0 Å². The molecule has 1 N–H and O–H groups in total. The lowest BCUT2D eigenvalue weighted by atomic mass is 10.1. The molecule has 1 saturated heterocycles. The molecular weight excluding hydrogens is 230 g/mol. The Kier molecular flexibility index (Phi) is 2.89. The van der Waals surface area contributed by atoms with Crippen LogP contribution in [-0.2, 0) is 17.6 Å². The van der Waals surface area contributed by atoms with Gasteiger partial charge in [0.2, 0.25) is 0 Å². The number of carboxylic acids is 1. The molecule has 1 unspecified atom stereocenters. The van der Waals surface area contributed by atoms with Gasteiger partial charge in [-0.05, 0) is 31.6 Å². The van der Waals surface area contributed by atoms with Gasteiger partial charge in [-0.1, -0.05) is 0 Å². The molecular formula is C13H17N3O2. The van der Waals surface area contributed by atoms with Crippen LogP contribution in [-0.4, -0.2) is 34.1 Å². The molecule has 0 radical (unpaired) electrons. The van der Waals surface area contributed by atoms with Gasteiger partial charge in [-0.3, -0.25) is 4.79 Å². The highest BCUT2D eigenvalue weighted by molar-refractivity contribution is 5.67. The predicted octanol–water partition coefficient (Wildman–Crippen LogP) is 1.27. The Labute approximate surface area is 106 Å². The highest BCUT2D eigenvalue weighted by Gasteiger charge is 2.28. The second-order valence-electron chi connectivity index (χ2n) is 5.17. The van der Waals surface area contributed by atoms with Crippen molar-refractivity contribution in [1.82, 2.24) is 9.97 Å². The van der Waals surface area contributed by atoms with Crippen LogP contribution >= 0.6 is 0 Å². The van der Waals surface area contributed by atoms with E-state index in [1.54, 1.807) is 6.33 Å². The zero-order chi connectivity index (χ0) is 12.5. The van der Waals surface area contributed by atoms with Crippen molar-refractivity contribution in [1.29, 1.82) is 0 Å². The summed E-state index contributed by atoms with van der Waals surface area (Å²) in [6.07, 6.45) is 6.13. The Balaban J connectivity index is 1.77. The fourth-order valence-corrected chi connectivity index (χ4v) is 3.05. The third-order valence-electron chi connectivity index (χ3n) is 3.90. The van der Waals surface area contributed by atoms with Crippen molar-refractivity contribution in [2.45, 2.75) is 32.1 Å². The molecule has 2 aliphatic rings.